The second-order valence-corrected chi connectivity index (χ2v) is 10.4. The Morgan fingerprint density at radius 2 is 1.71 bits per heavy atom. The molecule has 13 heteroatoms. The van der Waals surface area contributed by atoms with Crippen molar-refractivity contribution in [2.45, 2.75) is 37.2 Å². The number of rotatable bonds is 8. The molecule has 0 spiro atoms. The zero-order valence-electron chi connectivity index (χ0n) is 19.5. The molecule has 1 saturated heterocycles. The van der Waals surface area contributed by atoms with Crippen LogP contribution in [0.3, 0.4) is 0 Å². The number of hydrogen-bond donors (Lipinski definition) is 2. The van der Waals surface area contributed by atoms with Crippen molar-refractivity contribution < 1.29 is 27.7 Å². The number of nitro benzene ring substituents is 1. The number of amides is 4. The number of hydrogen-bond acceptors (Lipinski definition) is 7. The number of nitro groups is 1. The van der Waals surface area contributed by atoms with E-state index in [1.807, 2.05) is 0 Å². The maximum Gasteiger partial charge on any atom is 0.325 e. The molecule has 1 aliphatic heterocycles. The monoisotopic (exact) mass is 503 g/mol. The van der Waals surface area contributed by atoms with Gasteiger partial charge in [-0.2, -0.15) is 4.31 Å². The van der Waals surface area contributed by atoms with E-state index in [0.29, 0.717) is 5.56 Å². The summed E-state index contributed by atoms with van der Waals surface area (Å²) in [5.41, 5.74) is -1.05. The van der Waals surface area contributed by atoms with Crippen molar-refractivity contribution in [3.05, 3.63) is 64.2 Å². The molecular weight excluding hydrogens is 478 g/mol. The third kappa shape index (κ3) is 5.00. The number of non-ortho nitro benzene ring substituents is 1. The Balaban J connectivity index is 1.70. The lowest BCUT2D eigenvalue weighted by Gasteiger charge is -2.22. The molecule has 1 fully saturated rings. The largest absolute Gasteiger partial charge is 0.325 e. The van der Waals surface area contributed by atoms with Crippen molar-refractivity contribution in [2.24, 2.45) is 0 Å². The van der Waals surface area contributed by atoms with Crippen molar-refractivity contribution >= 4 is 39.2 Å². The summed E-state index contributed by atoms with van der Waals surface area (Å²) < 4.78 is 26.3. The predicted octanol–water partition coefficient (Wildman–Crippen LogP) is 2.03. The Kier molecular flexibility index (Phi) is 6.94. The number of benzene rings is 2. The van der Waals surface area contributed by atoms with Crippen molar-refractivity contribution in [1.29, 1.82) is 0 Å². The highest BCUT2D eigenvalue weighted by Crippen LogP contribution is 2.30. The van der Waals surface area contributed by atoms with Gasteiger partial charge in [-0.1, -0.05) is 0 Å². The summed E-state index contributed by atoms with van der Waals surface area (Å²) >= 11 is 0. The van der Waals surface area contributed by atoms with E-state index in [9.17, 15) is 32.9 Å². The Hall–Kier alpha value is -3.84. The van der Waals surface area contributed by atoms with Gasteiger partial charge in [0.2, 0.25) is 15.9 Å². The molecule has 35 heavy (non-hydrogen) atoms. The lowest BCUT2D eigenvalue weighted by Crippen LogP contribution is -2.42. The van der Waals surface area contributed by atoms with Crippen molar-refractivity contribution in [2.75, 3.05) is 18.9 Å². The van der Waals surface area contributed by atoms with Gasteiger partial charge in [0, 0.05) is 30.9 Å². The van der Waals surface area contributed by atoms with Gasteiger partial charge >= 0.3 is 6.03 Å². The van der Waals surface area contributed by atoms with E-state index in [4.69, 9.17) is 0 Å². The van der Waals surface area contributed by atoms with E-state index in [2.05, 4.69) is 10.6 Å². The molecule has 0 radical (unpaired) electrons. The second-order valence-electron chi connectivity index (χ2n) is 8.44. The summed E-state index contributed by atoms with van der Waals surface area (Å²) in [6.07, 6.45) is 0. The van der Waals surface area contributed by atoms with Crippen LogP contribution in [0.5, 0.6) is 0 Å². The quantitative estimate of drug-likeness (QED) is 0.317. The SMILES string of the molecule is CC(C)N(C)S(=O)(=O)c1ccc(NC(=O)CN2C(=O)N[C@@](C)(c3ccc([N+](=O)[O-])cc3)C2=O)cc1. The van der Waals surface area contributed by atoms with Gasteiger partial charge < -0.3 is 10.6 Å². The first-order chi connectivity index (χ1) is 16.3. The Morgan fingerprint density at radius 3 is 2.23 bits per heavy atom. The van der Waals surface area contributed by atoms with E-state index in [1.165, 1.54) is 66.8 Å². The highest BCUT2D eigenvalue weighted by Gasteiger charge is 2.49. The first-order valence-electron chi connectivity index (χ1n) is 10.5. The highest BCUT2D eigenvalue weighted by molar-refractivity contribution is 7.89. The predicted molar refractivity (Wildman–Crippen MR) is 126 cm³/mol. The normalized spacial score (nSPS) is 18.2. The smallest absolute Gasteiger partial charge is 0.325 e. The lowest BCUT2D eigenvalue weighted by atomic mass is 9.92. The molecule has 1 heterocycles. The zero-order chi connectivity index (χ0) is 26.1. The van der Waals surface area contributed by atoms with E-state index >= 15 is 0 Å². The fraction of sp³-hybridized carbons (Fsp3) is 0.318. The van der Waals surface area contributed by atoms with E-state index in [-0.39, 0.29) is 22.3 Å². The molecule has 3 rings (SSSR count). The van der Waals surface area contributed by atoms with Crippen LogP contribution in [0.4, 0.5) is 16.2 Å². The van der Waals surface area contributed by atoms with Crippen LogP contribution in [-0.4, -0.2) is 60.0 Å². The van der Waals surface area contributed by atoms with Gasteiger partial charge in [-0.05, 0) is 62.7 Å². The maximum absolute atomic E-state index is 13.0. The van der Waals surface area contributed by atoms with Crippen LogP contribution in [0.25, 0.3) is 0 Å². The molecule has 2 N–H and O–H groups in total. The average Bonchev–Trinajstić information content (AvgIpc) is 3.02. The average molecular weight is 504 g/mol. The van der Waals surface area contributed by atoms with Gasteiger partial charge in [-0.25, -0.2) is 13.2 Å². The number of anilines is 1. The molecule has 0 bridgehead atoms. The number of imide groups is 1. The van der Waals surface area contributed by atoms with Crippen LogP contribution in [0, 0.1) is 10.1 Å². The minimum atomic E-state index is -3.69. The van der Waals surface area contributed by atoms with E-state index in [1.54, 1.807) is 13.8 Å². The molecule has 186 valence electrons. The fourth-order valence-electron chi connectivity index (χ4n) is 3.45. The van der Waals surface area contributed by atoms with Crippen molar-refractivity contribution in [1.82, 2.24) is 14.5 Å². The number of carbonyl (C=O) groups is 3. The molecule has 2 aromatic rings. The van der Waals surface area contributed by atoms with Gasteiger partial charge in [0.15, 0.2) is 0 Å². The molecule has 12 nitrogen and oxygen atoms in total. The maximum atomic E-state index is 13.0. The van der Waals surface area contributed by atoms with Crippen molar-refractivity contribution in [3.63, 3.8) is 0 Å². The van der Waals surface area contributed by atoms with Gasteiger partial charge in [0.25, 0.3) is 11.6 Å². The van der Waals surface area contributed by atoms with Crippen LogP contribution in [-0.2, 0) is 25.2 Å². The molecule has 0 saturated carbocycles. The first-order valence-corrected chi connectivity index (χ1v) is 12.0. The third-order valence-electron chi connectivity index (χ3n) is 5.77. The number of sulfonamides is 1. The van der Waals surface area contributed by atoms with E-state index in [0.717, 1.165) is 4.90 Å². The second kappa shape index (κ2) is 9.43. The summed E-state index contributed by atoms with van der Waals surface area (Å²) in [4.78, 5) is 49.0. The Labute approximate surface area is 202 Å². The summed E-state index contributed by atoms with van der Waals surface area (Å²) in [5.74, 6) is -1.36. The van der Waals surface area contributed by atoms with Gasteiger partial charge in [0.05, 0.1) is 9.82 Å². The molecule has 2 aromatic carbocycles. The van der Waals surface area contributed by atoms with Crippen LogP contribution >= 0.6 is 0 Å². The number of nitrogens with zero attached hydrogens (tertiary/aromatic N) is 3. The molecule has 0 unspecified atom stereocenters. The van der Waals surface area contributed by atoms with Gasteiger partial charge in [-0.3, -0.25) is 24.6 Å². The van der Waals surface area contributed by atoms with Crippen molar-refractivity contribution in [3.8, 4) is 0 Å². The number of urea groups is 1. The molecule has 1 atom stereocenters. The number of carbonyl (C=O) groups excluding carboxylic acids is 3. The van der Waals surface area contributed by atoms with Gasteiger partial charge in [-0.15, -0.1) is 0 Å². The minimum absolute atomic E-state index is 0.0552. The molecule has 0 aliphatic carbocycles. The van der Waals surface area contributed by atoms with Crippen LogP contribution in [0.2, 0.25) is 0 Å². The summed E-state index contributed by atoms with van der Waals surface area (Å²) in [5, 5.41) is 15.9. The third-order valence-corrected chi connectivity index (χ3v) is 7.82. The zero-order valence-corrected chi connectivity index (χ0v) is 20.3. The topological polar surface area (TPSA) is 159 Å². The fourth-order valence-corrected chi connectivity index (χ4v) is 4.82. The summed E-state index contributed by atoms with van der Waals surface area (Å²) in [6.45, 7) is 4.35. The standard InChI is InChI=1S/C22H25N5O7S/c1-14(2)25(4)35(33,34)18-11-7-16(8-12-18)23-19(28)13-26-20(29)22(3,24-21(26)30)15-5-9-17(10-6-15)27(31)32/h5-12,14H,13H2,1-4H3,(H,23,28)(H,24,30)/t22-/m0/s1. The summed E-state index contributed by atoms with van der Waals surface area (Å²) in [7, 11) is -2.22. The summed E-state index contributed by atoms with van der Waals surface area (Å²) in [6, 6.07) is 9.67. The molecule has 4 amide bonds. The Bertz CT molecular complexity index is 1280. The highest BCUT2D eigenvalue weighted by atomic mass is 32.2. The van der Waals surface area contributed by atoms with Gasteiger partial charge in [0.1, 0.15) is 12.1 Å². The van der Waals surface area contributed by atoms with Crippen LogP contribution in [0.1, 0.15) is 26.3 Å². The lowest BCUT2D eigenvalue weighted by molar-refractivity contribution is -0.384. The van der Waals surface area contributed by atoms with Crippen LogP contribution < -0.4 is 10.6 Å². The molecule has 1 aliphatic rings. The molecule has 0 aromatic heterocycles. The first kappa shape index (κ1) is 25.8. The minimum Gasteiger partial charge on any atom is -0.325 e. The van der Waals surface area contributed by atoms with Crippen LogP contribution in [0.15, 0.2) is 53.4 Å². The Morgan fingerprint density at radius 1 is 1.14 bits per heavy atom. The van der Waals surface area contributed by atoms with E-state index < -0.39 is 44.9 Å². The molecular formula is C22H25N5O7S. The number of nitrogens with one attached hydrogen (secondary N) is 2.